The molecule has 0 unspecified atom stereocenters. The van der Waals surface area contributed by atoms with E-state index in [9.17, 15) is 41.6 Å². The number of halogens is 5. The van der Waals surface area contributed by atoms with Gasteiger partial charge in [-0.1, -0.05) is 0 Å². The van der Waals surface area contributed by atoms with E-state index in [2.05, 4.69) is 0 Å². The number of nitrogens with one attached hydrogen (secondary N) is 1. The van der Waals surface area contributed by atoms with Crippen LogP contribution in [0.25, 0.3) is 0 Å². The standard InChI is InChI=1S/C14H14BF5N2O4/c1-5(14(24)22-4-2-3-6(22)15(25)26)21-13(23)7-8(16)10(18)12(20)11(19)9(7)17/h5-6,25-26H,2-4H2,1H3,(H,21,23)/t5-,6+/m1/s1. The summed E-state index contributed by atoms with van der Waals surface area (Å²) in [6.45, 7) is 1.29. The molecule has 1 heterocycles. The minimum absolute atomic E-state index is 0.157. The molecule has 26 heavy (non-hydrogen) atoms. The lowest BCUT2D eigenvalue weighted by Gasteiger charge is -2.27. The number of amides is 2. The Labute approximate surface area is 144 Å². The van der Waals surface area contributed by atoms with Crippen molar-refractivity contribution in [1.29, 1.82) is 0 Å². The SMILES string of the molecule is C[C@@H](NC(=O)c1c(F)c(F)c(F)c(F)c1F)C(=O)N1CCC[C@H]1B(O)O. The fourth-order valence-corrected chi connectivity index (χ4v) is 2.76. The van der Waals surface area contributed by atoms with E-state index in [1.807, 2.05) is 5.32 Å². The number of hydrogen-bond acceptors (Lipinski definition) is 4. The van der Waals surface area contributed by atoms with Crippen molar-refractivity contribution in [3.8, 4) is 0 Å². The Morgan fingerprint density at radius 2 is 1.58 bits per heavy atom. The molecule has 0 bridgehead atoms. The van der Waals surface area contributed by atoms with Gasteiger partial charge in [0.1, 0.15) is 11.6 Å². The van der Waals surface area contributed by atoms with E-state index < -0.39 is 65.6 Å². The molecular weight excluding hydrogens is 366 g/mol. The van der Waals surface area contributed by atoms with E-state index in [1.165, 1.54) is 0 Å². The molecule has 1 aromatic carbocycles. The van der Waals surface area contributed by atoms with Gasteiger partial charge >= 0.3 is 7.12 Å². The Hall–Kier alpha value is -2.21. The summed E-state index contributed by atoms with van der Waals surface area (Å²) < 4.78 is 66.6. The van der Waals surface area contributed by atoms with E-state index in [1.54, 1.807) is 0 Å². The molecule has 1 aliphatic heterocycles. The molecule has 0 aromatic heterocycles. The van der Waals surface area contributed by atoms with Crippen molar-refractivity contribution in [2.75, 3.05) is 6.54 Å². The molecule has 142 valence electrons. The number of carbonyl (C=O) groups is 2. The van der Waals surface area contributed by atoms with Crippen LogP contribution in [0.3, 0.4) is 0 Å². The van der Waals surface area contributed by atoms with Gasteiger partial charge in [0.15, 0.2) is 23.3 Å². The third kappa shape index (κ3) is 3.51. The quantitative estimate of drug-likeness (QED) is 0.307. The number of benzene rings is 1. The maximum absolute atomic E-state index is 13.6. The van der Waals surface area contributed by atoms with Crippen LogP contribution in [0.5, 0.6) is 0 Å². The first kappa shape index (κ1) is 20.1. The fourth-order valence-electron chi connectivity index (χ4n) is 2.76. The van der Waals surface area contributed by atoms with Gasteiger partial charge in [0.25, 0.3) is 5.91 Å². The minimum Gasteiger partial charge on any atom is -0.426 e. The molecule has 1 aromatic rings. The summed E-state index contributed by atoms with van der Waals surface area (Å²) >= 11 is 0. The molecule has 1 aliphatic rings. The van der Waals surface area contributed by atoms with E-state index in [4.69, 9.17) is 0 Å². The van der Waals surface area contributed by atoms with Crippen LogP contribution in [0.2, 0.25) is 0 Å². The predicted octanol–water partition coefficient (Wildman–Crippen LogP) is 0.503. The summed E-state index contributed by atoms with van der Waals surface area (Å²) in [6.07, 6.45) is 0.758. The van der Waals surface area contributed by atoms with Gasteiger partial charge in [0.05, 0.1) is 5.94 Å². The lowest BCUT2D eigenvalue weighted by atomic mass is 9.78. The molecule has 6 nitrogen and oxygen atoms in total. The van der Waals surface area contributed by atoms with Gasteiger partial charge in [0, 0.05) is 6.54 Å². The van der Waals surface area contributed by atoms with Crippen LogP contribution in [0.15, 0.2) is 0 Å². The Bertz CT molecular complexity index is 720. The van der Waals surface area contributed by atoms with Crippen molar-refractivity contribution in [2.45, 2.75) is 31.7 Å². The zero-order chi connectivity index (χ0) is 19.8. The van der Waals surface area contributed by atoms with E-state index >= 15 is 0 Å². The lowest BCUT2D eigenvalue weighted by Crippen LogP contribution is -2.52. The van der Waals surface area contributed by atoms with Gasteiger partial charge in [-0.3, -0.25) is 9.59 Å². The van der Waals surface area contributed by atoms with Gasteiger partial charge in [-0.2, -0.15) is 0 Å². The summed E-state index contributed by atoms with van der Waals surface area (Å²) in [7, 11) is -1.82. The summed E-state index contributed by atoms with van der Waals surface area (Å²) in [5.41, 5.74) is -1.71. The van der Waals surface area contributed by atoms with Crippen LogP contribution in [0.1, 0.15) is 30.1 Å². The Morgan fingerprint density at radius 3 is 2.08 bits per heavy atom. The largest absolute Gasteiger partial charge is 0.475 e. The van der Waals surface area contributed by atoms with Crippen LogP contribution >= 0.6 is 0 Å². The predicted molar refractivity (Wildman–Crippen MR) is 78.1 cm³/mol. The van der Waals surface area contributed by atoms with Crippen molar-refractivity contribution < 1.29 is 41.6 Å². The maximum Gasteiger partial charge on any atom is 0.475 e. The fraction of sp³-hybridized carbons (Fsp3) is 0.429. The highest BCUT2D eigenvalue weighted by molar-refractivity contribution is 6.43. The average Bonchev–Trinajstić information content (AvgIpc) is 3.07. The second-order valence-corrected chi connectivity index (χ2v) is 5.79. The molecule has 2 amide bonds. The molecule has 1 saturated heterocycles. The molecule has 3 N–H and O–H groups in total. The van der Waals surface area contributed by atoms with E-state index in [0.717, 1.165) is 11.8 Å². The van der Waals surface area contributed by atoms with Crippen molar-refractivity contribution in [3.05, 3.63) is 34.6 Å². The van der Waals surface area contributed by atoms with Gasteiger partial charge in [-0.05, 0) is 19.8 Å². The third-order valence-corrected chi connectivity index (χ3v) is 4.08. The molecule has 2 rings (SSSR count). The monoisotopic (exact) mass is 380 g/mol. The van der Waals surface area contributed by atoms with Gasteiger partial charge in [-0.15, -0.1) is 0 Å². The molecule has 0 radical (unpaired) electrons. The second-order valence-electron chi connectivity index (χ2n) is 5.79. The highest BCUT2D eigenvalue weighted by atomic mass is 19.2. The van der Waals surface area contributed by atoms with E-state index in [0.29, 0.717) is 12.8 Å². The molecular formula is C14H14BF5N2O4. The normalized spacial score (nSPS) is 18.0. The molecule has 0 spiro atoms. The molecule has 0 saturated carbocycles. The van der Waals surface area contributed by atoms with Crippen LogP contribution in [-0.2, 0) is 4.79 Å². The molecule has 0 aliphatic carbocycles. The number of hydrogen-bond donors (Lipinski definition) is 3. The number of likely N-dealkylation sites (tertiary alicyclic amines) is 1. The average molecular weight is 380 g/mol. The smallest absolute Gasteiger partial charge is 0.426 e. The summed E-state index contributed by atoms with van der Waals surface area (Å²) in [5, 5.41) is 20.3. The van der Waals surface area contributed by atoms with Crippen LogP contribution in [0, 0.1) is 29.1 Å². The van der Waals surface area contributed by atoms with Crippen molar-refractivity contribution in [1.82, 2.24) is 10.2 Å². The molecule has 12 heteroatoms. The molecule has 2 atom stereocenters. The van der Waals surface area contributed by atoms with Gasteiger partial charge < -0.3 is 20.3 Å². The topological polar surface area (TPSA) is 89.9 Å². The first-order valence-electron chi connectivity index (χ1n) is 7.56. The summed E-state index contributed by atoms with van der Waals surface area (Å²) in [4.78, 5) is 25.3. The molecule has 1 fully saturated rings. The highest BCUT2D eigenvalue weighted by Crippen LogP contribution is 2.23. The first-order valence-corrected chi connectivity index (χ1v) is 7.56. The van der Waals surface area contributed by atoms with Crippen molar-refractivity contribution in [3.63, 3.8) is 0 Å². The Morgan fingerprint density at radius 1 is 1.08 bits per heavy atom. The summed E-state index contributed by atoms with van der Waals surface area (Å²) in [6, 6.07) is -1.41. The Balaban J connectivity index is 2.21. The zero-order valence-corrected chi connectivity index (χ0v) is 13.4. The van der Waals surface area contributed by atoms with Crippen LogP contribution in [0.4, 0.5) is 22.0 Å². The van der Waals surface area contributed by atoms with Crippen LogP contribution in [-0.4, -0.2) is 52.4 Å². The summed E-state index contributed by atoms with van der Waals surface area (Å²) in [5.74, 6) is -15.0. The number of nitrogens with zero attached hydrogens (tertiary/aromatic N) is 1. The zero-order valence-electron chi connectivity index (χ0n) is 13.4. The maximum atomic E-state index is 13.6. The Kier molecular flexibility index (Phi) is 5.86. The van der Waals surface area contributed by atoms with E-state index in [-0.39, 0.29) is 6.54 Å². The van der Waals surface area contributed by atoms with Crippen molar-refractivity contribution in [2.24, 2.45) is 0 Å². The number of carbonyl (C=O) groups excluding carboxylic acids is 2. The van der Waals surface area contributed by atoms with Crippen molar-refractivity contribution >= 4 is 18.9 Å². The first-order chi connectivity index (χ1) is 12.1. The van der Waals surface area contributed by atoms with Gasteiger partial charge in [-0.25, -0.2) is 22.0 Å². The van der Waals surface area contributed by atoms with Crippen LogP contribution < -0.4 is 5.32 Å². The third-order valence-electron chi connectivity index (χ3n) is 4.08. The second kappa shape index (κ2) is 7.58. The highest BCUT2D eigenvalue weighted by Gasteiger charge is 2.39. The minimum atomic E-state index is -2.41. The lowest BCUT2D eigenvalue weighted by molar-refractivity contribution is -0.132. The number of rotatable bonds is 4. The van der Waals surface area contributed by atoms with Gasteiger partial charge in [0.2, 0.25) is 11.7 Å².